The first kappa shape index (κ1) is 21.6. The highest BCUT2D eigenvalue weighted by Gasteiger charge is 2.22. The predicted octanol–water partition coefficient (Wildman–Crippen LogP) is 1.55. The number of esters is 1. The Hall–Kier alpha value is -2.67. The van der Waals surface area contributed by atoms with Crippen LogP contribution in [0.25, 0.3) is 6.08 Å². The molecule has 0 aromatic heterocycles. The van der Waals surface area contributed by atoms with E-state index in [0.717, 1.165) is 5.56 Å². The molecule has 0 bridgehead atoms. The minimum Gasteiger partial charge on any atom is -0.465 e. The zero-order chi connectivity index (χ0) is 20.7. The highest BCUT2D eigenvalue weighted by Crippen LogP contribution is 2.09. The van der Waals surface area contributed by atoms with E-state index in [1.807, 2.05) is 20.8 Å². The fourth-order valence-corrected chi connectivity index (χ4v) is 2.91. The molecule has 7 nitrogen and oxygen atoms in total. The predicted molar refractivity (Wildman–Crippen MR) is 108 cm³/mol. The maximum atomic E-state index is 12.4. The zero-order valence-corrected chi connectivity index (χ0v) is 17.0. The van der Waals surface area contributed by atoms with Gasteiger partial charge in [-0.3, -0.25) is 14.5 Å². The third kappa shape index (κ3) is 6.81. The molecule has 1 N–H and O–H groups in total. The second kappa shape index (κ2) is 9.50. The van der Waals surface area contributed by atoms with Crippen molar-refractivity contribution in [2.24, 2.45) is 0 Å². The summed E-state index contributed by atoms with van der Waals surface area (Å²) < 4.78 is 4.66. The molecule has 1 aromatic rings. The number of amides is 2. The quantitative estimate of drug-likeness (QED) is 0.613. The number of carbonyl (C=O) groups excluding carboxylic acids is 3. The summed E-state index contributed by atoms with van der Waals surface area (Å²) in [6.45, 7) is 8.74. The summed E-state index contributed by atoms with van der Waals surface area (Å²) in [5.41, 5.74) is 1.06. The molecule has 0 atom stereocenters. The molecule has 0 aliphatic carbocycles. The van der Waals surface area contributed by atoms with E-state index in [4.69, 9.17) is 0 Å². The smallest absolute Gasteiger partial charge is 0.337 e. The van der Waals surface area contributed by atoms with Crippen LogP contribution in [0, 0.1) is 0 Å². The monoisotopic (exact) mass is 387 g/mol. The average Bonchev–Trinajstić information content (AvgIpc) is 2.65. The van der Waals surface area contributed by atoms with Gasteiger partial charge in [-0.05, 0) is 44.5 Å². The summed E-state index contributed by atoms with van der Waals surface area (Å²) >= 11 is 0. The molecule has 7 heteroatoms. The number of nitrogens with one attached hydrogen (secondary N) is 1. The Bertz CT molecular complexity index is 727. The molecule has 1 heterocycles. The maximum absolute atomic E-state index is 12.4. The fraction of sp³-hybridized carbons (Fsp3) is 0.476. The van der Waals surface area contributed by atoms with E-state index < -0.39 is 0 Å². The van der Waals surface area contributed by atoms with Crippen molar-refractivity contribution >= 4 is 23.9 Å². The van der Waals surface area contributed by atoms with Gasteiger partial charge in [-0.1, -0.05) is 12.1 Å². The molecule has 2 rings (SSSR count). The van der Waals surface area contributed by atoms with Crippen molar-refractivity contribution in [2.45, 2.75) is 26.3 Å². The van der Waals surface area contributed by atoms with Crippen LogP contribution in [0.2, 0.25) is 0 Å². The highest BCUT2D eigenvalue weighted by atomic mass is 16.5. The SMILES string of the molecule is COC(=O)c1ccc(/C=C/C(=O)N2CCN(CC(=O)NC(C)(C)C)CC2)cc1. The lowest BCUT2D eigenvalue weighted by molar-refractivity contribution is -0.128. The van der Waals surface area contributed by atoms with Gasteiger partial charge in [0.2, 0.25) is 11.8 Å². The van der Waals surface area contributed by atoms with Gasteiger partial charge in [0.25, 0.3) is 0 Å². The van der Waals surface area contributed by atoms with Gasteiger partial charge in [0.05, 0.1) is 19.2 Å². The van der Waals surface area contributed by atoms with E-state index in [1.165, 1.54) is 13.2 Å². The molecule has 0 unspecified atom stereocenters. The van der Waals surface area contributed by atoms with Crippen LogP contribution in [-0.2, 0) is 14.3 Å². The second-order valence-corrected chi connectivity index (χ2v) is 7.85. The van der Waals surface area contributed by atoms with Crippen molar-refractivity contribution in [3.8, 4) is 0 Å². The van der Waals surface area contributed by atoms with Gasteiger partial charge in [0.1, 0.15) is 0 Å². The third-order valence-electron chi connectivity index (χ3n) is 4.32. The highest BCUT2D eigenvalue weighted by molar-refractivity contribution is 5.92. The minimum absolute atomic E-state index is 0.00238. The molecule has 2 amide bonds. The molecule has 0 radical (unpaired) electrons. The van der Waals surface area contributed by atoms with Crippen molar-refractivity contribution in [3.05, 3.63) is 41.5 Å². The van der Waals surface area contributed by atoms with Crippen LogP contribution in [0.3, 0.4) is 0 Å². The first-order chi connectivity index (χ1) is 13.2. The summed E-state index contributed by atoms with van der Waals surface area (Å²) in [4.78, 5) is 39.7. The number of rotatable bonds is 5. The van der Waals surface area contributed by atoms with E-state index in [0.29, 0.717) is 38.3 Å². The number of methoxy groups -OCH3 is 1. The van der Waals surface area contributed by atoms with Crippen LogP contribution in [0.5, 0.6) is 0 Å². The van der Waals surface area contributed by atoms with Crippen LogP contribution < -0.4 is 5.32 Å². The normalized spacial score (nSPS) is 15.5. The lowest BCUT2D eigenvalue weighted by Gasteiger charge is -2.34. The van der Waals surface area contributed by atoms with Gasteiger partial charge in [-0.15, -0.1) is 0 Å². The van der Waals surface area contributed by atoms with Gasteiger partial charge in [-0.25, -0.2) is 4.79 Å². The van der Waals surface area contributed by atoms with E-state index >= 15 is 0 Å². The van der Waals surface area contributed by atoms with E-state index in [1.54, 1.807) is 35.2 Å². The second-order valence-electron chi connectivity index (χ2n) is 7.85. The first-order valence-corrected chi connectivity index (χ1v) is 9.37. The number of nitrogens with zero attached hydrogens (tertiary/aromatic N) is 2. The number of hydrogen-bond donors (Lipinski definition) is 1. The first-order valence-electron chi connectivity index (χ1n) is 9.37. The maximum Gasteiger partial charge on any atom is 0.337 e. The standard InChI is InChI=1S/C21H29N3O4/c1-21(2,3)22-18(25)15-23-11-13-24(14-12-23)19(26)10-7-16-5-8-17(9-6-16)20(27)28-4/h5-10H,11-15H2,1-4H3,(H,22,25)/b10-7+. The number of hydrogen-bond acceptors (Lipinski definition) is 5. The Morgan fingerprint density at radius 1 is 1.07 bits per heavy atom. The molecular formula is C21H29N3O4. The minimum atomic E-state index is -0.388. The van der Waals surface area contributed by atoms with Gasteiger partial charge >= 0.3 is 5.97 Å². The van der Waals surface area contributed by atoms with Crippen LogP contribution in [-0.4, -0.2) is 73.0 Å². The Labute approximate surface area is 166 Å². The van der Waals surface area contributed by atoms with Crippen LogP contribution in [0.1, 0.15) is 36.7 Å². The van der Waals surface area contributed by atoms with Gasteiger partial charge in [-0.2, -0.15) is 0 Å². The largest absolute Gasteiger partial charge is 0.465 e. The Balaban J connectivity index is 1.81. The van der Waals surface area contributed by atoms with E-state index in [2.05, 4.69) is 15.0 Å². The Morgan fingerprint density at radius 2 is 1.68 bits per heavy atom. The van der Waals surface area contributed by atoms with Crippen LogP contribution >= 0.6 is 0 Å². The van der Waals surface area contributed by atoms with E-state index in [9.17, 15) is 14.4 Å². The zero-order valence-electron chi connectivity index (χ0n) is 17.0. The van der Waals surface area contributed by atoms with Crippen LogP contribution in [0.15, 0.2) is 30.3 Å². The third-order valence-corrected chi connectivity index (χ3v) is 4.32. The van der Waals surface area contributed by atoms with Crippen molar-refractivity contribution in [3.63, 3.8) is 0 Å². The number of piperazine rings is 1. The summed E-state index contributed by atoms with van der Waals surface area (Å²) in [7, 11) is 1.34. The van der Waals surface area contributed by atoms with Crippen molar-refractivity contribution in [1.82, 2.24) is 15.1 Å². The Morgan fingerprint density at radius 3 is 2.21 bits per heavy atom. The molecule has 0 spiro atoms. The van der Waals surface area contributed by atoms with Gasteiger partial charge < -0.3 is 15.0 Å². The molecule has 0 saturated carbocycles. The fourth-order valence-electron chi connectivity index (χ4n) is 2.91. The van der Waals surface area contributed by atoms with E-state index in [-0.39, 0.29) is 23.3 Å². The molecule has 1 saturated heterocycles. The number of ether oxygens (including phenoxy) is 1. The molecule has 1 aliphatic rings. The van der Waals surface area contributed by atoms with Gasteiger partial charge in [0, 0.05) is 37.8 Å². The molecule has 1 aromatic carbocycles. The average molecular weight is 387 g/mol. The number of carbonyl (C=O) groups is 3. The topological polar surface area (TPSA) is 79.0 Å². The summed E-state index contributed by atoms with van der Waals surface area (Å²) in [6, 6.07) is 6.86. The van der Waals surface area contributed by atoms with Crippen LogP contribution in [0.4, 0.5) is 0 Å². The van der Waals surface area contributed by atoms with Crippen molar-refractivity contribution in [1.29, 1.82) is 0 Å². The molecule has 1 fully saturated rings. The summed E-state index contributed by atoms with van der Waals surface area (Å²) in [5.74, 6) is -0.445. The number of benzene rings is 1. The summed E-state index contributed by atoms with van der Waals surface area (Å²) in [5, 5.41) is 2.95. The van der Waals surface area contributed by atoms with Crippen molar-refractivity contribution in [2.75, 3.05) is 39.8 Å². The van der Waals surface area contributed by atoms with Crippen molar-refractivity contribution < 1.29 is 19.1 Å². The molecule has 1 aliphatic heterocycles. The molecule has 28 heavy (non-hydrogen) atoms. The Kier molecular flexibility index (Phi) is 7.34. The van der Waals surface area contributed by atoms with Gasteiger partial charge in [0.15, 0.2) is 0 Å². The lowest BCUT2D eigenvalue weighted by Crippen LogP contribution is -2.52. The molecule has 152 valence electrons. The lowest BCUT2D eigenvalue weighted by atomic mass is 10.1. The summed E-state index contributed by atoms with van der Waals surface area (Å²) in [6.07, 6.45) is 3.27. The molecular weight excluding hydrogens is 358 g/mol.